The Morgan fingerprint density at radius 3 is 2.46 bits per heavy atom. The number of benzene rings is 1. The Hall–Kier alpha value is -2.50. The van der Waals surface area contributed by atoms with E-state index in [0.717, 1.165) is 48.3 Å². The average molecular weight is 327 g/mol. The minimum atomic E-state index is 0.0519. The minimum Gasteiger partial charge on any atom is -0.493 e. The molecule has 1 aliphatic heterocycles. The molecule has 0 atom stereocenters. The van der Waals surface area contributed by atoms with E-state index in [9.17, 15) is 4.79 Å². The van der Waals surface area contributed by atoms with E-state index in [0.29, 0.717) is 23.6 Å². The number of aromatic nitrogens is 2. The van der Waals surface area contributed by atoms with Gasteiger partial charge in [0, 0.05) is 37.7 Å². The third kappa shape index (κ3) is 2.09. The third-order valence-electron chi connectivity index (χ3n) is 4.97. The number of carbonyl (C=O) groups is 1. The lowest BCUT2D eigenvalue weighted by Gasteiger charge is -2.14. The molecule has 1 aliphatic carbocycles. The van der Waals surface area contributed by atoms with Gasteiger partial charge in [-0.3, -0.25) is 9.48 Å². The molecule has 0 bridgehead atoms. The summed E-state index contributed by atoms with van der Waals surface area (Å²) in [5, 5.41) is 4.53. The number of aryl methyl sites for hydroxylation is 1. The maximum atomic E-state index is 12.8. The summed E-state index contributed by atoms with van der Waals surface area (Å²) in [5.41, 5.74) is 4.82. The van der Waals surface area contributed by atoms with E-state index >= 15 is 0 Å². The predicted octanol–water partition coefficient (Wildman–Crippen LogP) is 2.24. The number of carbonyl (C=O) groups excluding carboxylic acids is 1. The van der Waals surface area contributed by atoms with Crippen LogP contribution in [0.2, 0.25) is 0 Å². The van der Waals surface area contributed by atoms with E-state index in [-0.39, 0.29) is 5.91 Å². The Kier molecular flexibility index (Phi) is 3.48. The van der Waals surface area contributed by atoms with Crippen molar-refractivity contribution in [3.63, 3.8) is 0 Å². The van der Waals surface area contributed by atoms with Gasteiger partial charge in [0.25, 0.3) is 5.91 Å². The van der Waals surface area contributed by atoms with E-state index in [1.54, 1.807) is 14.2 Å². The minimum absolute atomic E-state index is 0.0519. The van der Waals surface area contributed by atoms with Crippen molar-refractivity contribution in [1.82, 2.24) is 14.7 Å². The highest BCUT2D eigenvalue weighted by Gasteiger charge is 2.33. The summed E-state index contributed by atoms with van der Waals surface area (Å²) < 4.78 is 12.6. The zero-order valence-corrected chi connectivity index (χ0v) is 14.3. The summed E-state index contributed by atoms with van der Waals surface area (Å²) in [7, 11) is 5.16. The van der Waals surface area contributed by atoms with Crippen LogP contribution >= 0.6 is 0 Å². The van der Waals surface area contributed by atoms with Gasteiger partial charge in [-0.25, -0.2) is 0 Å². The zero-order chi connectivity index (χ0) is 16.8. The lowest BCUT2D eigenvalue weighted by atomic mass is 10.1. The SMILES string of the molecule is COc1cc2c(cc1OC)-c1c(c(C(=O)N3CCCC3)nn1C)C2. The molecule has 0 radical (unpaired) electrons. The molecule has 0 saturated carbocycles. The van der Waals surface area contributed by atoms with Gasteiger partial charge in [-0.05, 0) is 30.5 Å². The smallest absolute Gasteiger partial charge is 0.274 e. The average Bonchev–Trinajstić information content (AvgIpc) is 3.29. The van der Waals surface area contributed by atoms with Crippen LogP contribution in [0.3, 0.4) is 0 Å². The number of amides is 1. The van der Waals surface area contributed by atoms with E-state index < -0.39 is 0 Å². The van der Waals surface area contributed by atoms with Gasteiger partial charge < -0.3 is 14.4 Å². The summed E-state index contributed by atoms with van der Waals surface area (Å²) in [6.45, 7) is 1.66. The first-order valence-electron chi connectivity index (χ1n) is 8.24. The van der Waals surface area contributed by atoms with Crippen molar-refractivity contribution in [2.75, 3.05) is 27.3 Å². The van der Waals surface area contributed by atoms with Crippen LogP contribution in [0.25, 0.3) is 11.3 Å². The van der Waals surface area contributed by atoms with Crippen LogP contribution in [0, 0.1) is 0 Å². The first-order chi connectivity index (χ1) is 11.6. The lowest BCUT2D eigenvalue weighted by Crippen LogP contribution is -2.28. The van der Waals surface area contributed by atoms with Gasteiger partial charge in [0.2, 0.25) is 0 Å². The van der Waals surface area contributed by atoms with E-state index in [1.807, 2.05) is 28.8 Å². The lowest BCUT2D eigenvalue weighted by molar-refractivity contribution is 0.0785. The molecule has 4 rings (SSSR count). The zero-order valence-electron chi connectivity index (χ0n) is 14.3. The number of methoxy groups -OCH3 is 2. The second kappa shape index (κ2) is 5.54. The van der Waals surface area contributed by atoms with Gasteiger partial charge >= 0.3 is 0 Å². The fourth-order valence-electron chi connectivity index (χ4n) is 3.79. The largest absolute Gasteiger partial charge is 0.493 e. The first kappa shape index (κ1) is 15.1. The number of fused-ring (bicyclic) bond motifs is 3. The molecule has 1 fully saturated rings. The van der Waals surface area contributed by atoms with Crippen LogP contribution in [0.4, 0.5) is 0 Å². The van der Waals surface area contributed by atoms with Gasteiger partial charge in [-0.15, -0.1) is 0 Å². The highest BCUT2D eigenvalue weighted by Crippen LogP contribution is 2.43. The van der Waals surface area contributed by atoms with Crippen molar-refractivity contribution in [2.45, 2.75) is 19.3 Å². The van der Waals surface area contributed by atoms with Crippen LogP contribution in [0.5, 0.6) is 11.5 Å². The van der Waals surface area contributed by atoms with Crippen LogP contribution < -0.4 is 9.47 Å². The third-order valence-corrected chi connectivity index (χ3v) is 4.97. The summed E-state index contributed by atoms with van der Waals surface area (Å²) >= 11 is 0. The van der Waals surface area contributed by atoms with Crippen molar-refractivity contribution in [3.8, 4) is 22.8 Å². The highest BCUT2D eigenvalue weighted by atomic mass is 16.5. The molecule has 1 saturated heterocycles. The Bertz CT molecular complexity index is 819. The van der Waals surface area contributed by atoms with Crippen LogP contribution in [-0.4, -0.2) is 47.9 Å². The van der Waals surface area contributed by atoms with Crippen LogP contribution in [0.15, 0.2) is 12.1 Å². The van der Waals surface area contributed by atoms with Crippen LogP contribution in [0.1, 0.15) is 34.5 Å². The summed E-state index contributed by atoms with van der Waals surface area (Å²) in [6.07, 6.45) is 2.86. The maximum Gasteiger partial charge on any atom is 0.274 e. The quantitative estimate of drug-likeness (QED) is 0.740. The molecule has 0 spiro atoms. The van der Waals surface area contributed by atoms with E-state index in [1.165, 1.54) is 0 Å². The topological polar surface area (TPSA) is 56.6 Å². The number of likely N-dealkylation sites (tertiary alicyclic amines) is 1. The standard InChI is InChI=1S/C18H21N3O3/c1-20-17-12-10-15(24-3)14(23-2)9-11(12)8-13(17)16(19-20)18(22)21-6-4-5-7-21/h9-10H,4-8H2,1-3H3. The molecule has 24 heavy (non-hydrogen) atoms. The normalized spacial score (nSPS) is 15.4. The first-order valence-corrected chi connectivity index (χ1v) is 8.24. The van der Waals surface area contributed by atoms with Crippen molar-refractivity contribution in [3.05, 3.63) is 29.0 Å². The van der Waals surface area contributed by atoms with Crippen molar-refractivity contribution >= 4 is 5.91 Å². The van der Waals surface area contributed by atoms with E-state index in [4.69, 9.17) is 9.47 Å². The molecule has 2 aliphatic rings. The fourth-order valence-corrected chi connectivity index (χ4v) is 3.79. The molecule has 126 valence electrons. The second-order valence-electron chi connectivity index (χ2n) is 6.34. The number of hydrogen-bond donors (Lipinski definition) is 0. The second-order valence-corrected chi connectivity index (χ2v) is 6.34. The molecule has 2 aromatic rings. The van der Waals surface area contributed by atoms with Gasteiger partial charge in [0.15, 0.2) is 17.2 Å². The number of hydrogen-bond acceptors (Lipinski definition) is 4. The molecule has 6 heteroatoms. The Morgan fingerprint density at radius 1 is 1.12 bits per heavy atom. The number of nitrogens with zero attached hydrogens (tertiary/aromatic N) is 3. The molecule has 0 N–H and O–H groups in total. The molecular formula is C18H21N3O3. The number of rotatable bonds is 3. The Balaban J connectivity index is 1.79. The molecule has 1 aromatic heterocycles. The summed E-state index contributed by atoms with van der Waals surface area (Å²) in [4.78, 5) is 14.7. The van der Waals surface area contributed by atoms with Gasteiger partial charge in [-0.1, -0.05) is 0 Å². The van der Waals surface area contributed by atoms with Gasteiger partial charge in [-0.2, -0.15) is 5.10 Å². The summed E-state index contributed by atoms with van der Waals surface area (Å²) in [6, 6.07) is 3.98. The maximum absolute atomic E-state index is 12.8. The Morgan fingerprint density at radius 2 is 1.79 bits per heavy atom. The molecular weight excluding hydrogens is 306 g/mol. The monoisotopic (exact) mass is 327 g/mol. The number of ether oxygens (including phenoxy) is 2. The molecule has 6 nitrogen and oxygen atoms in total. The van der Waals surface area contributed by atoms with Crippen LogP contribution in [-0.2, 0) is 13.5 Å². The van der Waals surface area contributed by atoms with Crippen molar-refractivity contribution < 1.29 is 14.3 Å². The molecule has 1 aromatic carbocycles. The predicted molar refractivity (Wildman–Crippen MR) is 89.7 cm³/mol. The van der Waals surface area contributed by atoms with Crippen molar-refractivity contribution in [2.24, 2.45) is 7.05 Å². The van der Waals surface area contributed by atoms with Gasteiger partial charge in [0.05, 0.1) is 19.9 Å². The molecule has 2 heterocycles. The summed E-state index contributed by atoms with van der Waals surface area (Å²) in [5.74, 6) is 1.46. The molecule has 0 unspecified atom stereocenters. The highest BCUT2D eigenvalue weighted by molar-refractivity contribution is 5.97. The van der Waals surface area contributed by atoms with E-state index in [2.05, 4.69) is 5.10 Å². The van der Waals surface area contributed by atoms with Gasteiger partial charge in [0.1, 0.15) is 0 Å². The van der Waals surface area contributed by atoms with Crippen molar-refractivity contribution in [1.29, 1.82) is 0 Å². The molecule has 1 amide bonds. The Labute approximate surface area is 141 Å². The fraction of sp³-hybridized carbons (Fsp3) is 0.444.